The summed E-state index contributed by atoms with van der Waals surface area (Å²) in [5, 5.41) is 0. The van der Waals surface area contributed by atoms with Gasteiger partial charge in [0, 0.05) is 5.69 Å². The first-order valence-electron chi connectivity index (χ1n) is 5.35. The van der Waals surface area contributed by atoms with Crippen molar-refractivity contribution in [3.63, 3.8) is 0 Å². The van der Waals surface area contributed by atoms with Gasteiger partial charge in [-0.3, -0.25) is 4.98 Å². The molecule has 0 fully saturated rings. The van der Waals surface area contributed by atoms with E-state index < -0.39 is 11.0 Å². The highest BCUT2D eigenvalue weighted by molar-refractivity contribution is 7.85. The fourth-order valence-electron chi connectivity index (χ4n) is 1.42. The SMILES string of the molecule is Cc1ccc(NS(=O)Cc2ccccc2)cn1. The average molecular weight is 246 g/mol. The normalized spacial score (nSPS) is 12.1. The summed E-state index contributed by atoms with van der Waals surface area (Å²) in [6, 6.07) is 13.5. The molecule has 3 nitrogen and oxygen atoms in total. The lowest BCUT2D eigenvalue weighted by molar-refractivity contribution is 0.686. The van der Waals surface area contributed by atoms with Gasteiger partial charge in [0.2, 0.25) is 0 Å². The van der Waals surface area contributed by atoms with Crippen LogP contribution < -0.4 is 4.72 Å². The molecule has 1 atom stereocenters. The largest absolute Gasteiger partial charge is 0.303 e. The summed E-state index contributed by atoms with van der Waals surface area (Å²) in [4.78, 5) is 4.14. The van der Waals surface area contributed by atoms with Crippen molar-refractivity contribution < 1.29 is 4.21 Å². The van der Waals surface area contributed by atoms with E-state index in [9.17, 15) is 4.21 Å². The van der Waals surface area contributed by atoms with Gasteiger partial charge in [0.1, 0.15) is 11.0 Å². The monoisotopic (exact) mass is 246 g/mol. The van der Waals surface area contributed by atoms with Gasteiger partial charge in [0.05, 0.1) is 17.6 Å². The molecule has 1 aromatic heterocycles. The summed E-state index contributed by atoms with van der Waals surface area (Å²) in [5.41, 5.74) is 2.78. The van der Waals surface area contributed by atoms with Crippen molar-refractivity contribution in [2.24, 2.45) is 0 Å². The zero-order valence-electron chi connectivity index (χ0n) is 9.59. The molecule has 0 aliphatic carbocycles. The number of pyridine rings is 1. The van der Waals surface area contributed by atoms with E-state index in [0.717, 1.165) is 16.9 Å². The summed E-state index contributed by atoms with van der Waals surface area (Å²) >= 11 is 0. The molecule has 1 N–H and O–H groups in total. The van der Waals surface area contributed by atoms with Gasteiger partial charge in [-0.05, 0) is 24.6 Å². The Morgan fingerprint density at radius 1 is 1.18 bits per heavy atom. The first-order chi connectivity index (χ1) is 8.24. The van der Waals surface area contributed by atoms with Gasteiger partial charge in [-0.15, -0.1) is 0 Å². The fraction of sp³-hybridized carbons (Fsp3) is 0.154. The summed E-state index contributed by atoms with van der Waals surface area (Å²) in [5.74, 6) is 0.495. The number of rotatable bonds is 4. The lowest BCUT2D eigenvalue weighted by Gasteiger charge is -2.05. The van der Waals surface area contributed by atoms with Gasteiger partial charge in [-0.2, -0.15) is 0 Å². The van der Waals surface area contributed by atoms with Crippen LogP contribution in [0.15, 0.2) is 48.7 Å². The van der Waals surface area contributed by atoms with Crippen molar-refractivity contribution >= 4 is 16.7 Å². The minimum atomic E-state index is -1.12. The van der Waals surface area contributed by atoms with Gasteiger partial charge < -0.3 is 4.72 Å². The number of nitrogens with one attached hydrogen (secondary N) is 1. The average Bonchev–Trinajstić information content (AvgIpc) is 2.33. The van der Waals surface area contributed by atoms with Crippen LogP contribution in [-0.2, 0) is 16.7 Å². The second-order valence-corrected chi connectivity index (χ2v) is 4.95. The summed E-state index contributed by atoms with van der Waals surface area (Å²) in [7, 11) is -1.12. The molecule has 0 aliphatic heterocycles. The van der Waals surface area contributed by atoms with Crippen LogP contribution in [-0.4, -0.2) is 9.19 Å². The summed E-state index contributed by atoms with van der Waals surface area (Å²) < 4.78 is 14.8. The molecule has 1 unspecified atom stereocenters. The second-order valence-electron chi connectivity index (χ2n) is 3.77. The molecule has 0 spiro atoms. The molecule has 2 aromatic rings. The topological polar surface area (TPSA) is 42.0 Å². The number of aryl methyl sites for hydroxylation is 1. The number of hydrogen-bond acceptors (Lipinski definition) is 2. The second kappa shape index (κ2) is 5.59. The van der Waals surface area contributed by atoms with Crippen LogP contribution in [0.5, 0.6) is 0 Å². The van der Waals surface area contributed by atoms with E-state index in [2.05, 4.69) is 9.71 Å². The van der Waals surface area contributed by atoms with E-state index in [4.69, 9.17) is 0 Å². The summed E-state index contributed by atoms with van der Waals surface area (Å²) in [6.07, 6.45) is 1.69. The predicted molar refractivity (Wildman–Crippen MR) is 70.9 cm³/mol. The van der Waals surface area contributed by atoms with Crippen molar-refractivity contribution in [1.29, 1.82) is 0 Å². The van der Waals surface area contributed by atoms with Gasteiger partial charge in [-0.25, -0.2) is 4.21 Å². The van der Waals surface area contributed by atoms with Crippen molar-refractivity contribution in [2.45, 2.75) is 12.7 Å². The quantitative estimate of drug-likeness (QED) is 0.901. The van der Waals surface area contributed by atoms with Crippen LogP contribution in [0.1, 0.15) is 11.3 Å². The molecule has 0 amide bonds. The molecule has 88 valence electrons. The van der Waals surface area contributed by atoms with Crippen LogP contribution in [0.2, 0.25) is 0 Å². The lowest BCUT2D eigenvalue weighted by Crippen LogP contribution is -2.07. The van der Waals surface area contributed by atoms with Crippen molar-refractivity contribution in [3.05, 3.63) is 59.9 Å². The van der Waals surface area contributed by atoms with Crippen molar-refractivity contribution in [1.82, 2.24) is 4.98 Å². The van der Waals surface area contributed by atoms with E-state index in [1.807, 2.05) is 49.4 Å². The van der Waals surface area contributed by atoms with Crippen LogP contribution >= 0.6 is 0 Å². The minimum Gasteiger partial charge on any atom is -0.303 e. The molecule has 0 radical (unpaired) electrons. The van der Waals surface area contributed by atoms with Gasteiger partial charge in [0.25, 0.3) is 0 Å². The third-order valence-corrected chi connectivity index (χ3v) is 3.34. The van der Waals surface area contributed by atoms with Crippen molar-refractivity contribution in [2.75, 3.05) is 4.72 Å². The Balaban J connectivity index is 1.96. The van der Waals surface area contributed by atoms with Crippen molar-refractivity contribution in [3.8, 4) is 0 Å². The number of benzene rings is 1. The zero-order valence-corrected chi connectivity index (χ0v) is 10.4. The predicted octanol–water partition coefficient (Wildman–Crippen LogP) is 2.67. The first kappa shape index (κ1) is 11.8. The fourth-order valence-corrected chi connectivity index (χ4v) is 2.37. The lowest BCUT2D eigenvalue weighted by atomic mass is 10.2. The third-order valence-electron chi connectivity index (χ3n) is 2.28. The molecule has 4 heteroatoms. The Morgan fingerprint density at radius 2 is 1.94 bits per heavy atom. The number of aromatic nitrogens is 1. The number of hydrogen-bond donors (Lipinski definition) is 1. The Kier molecular flexibility index (Phi) is 3.88. The Bertz CT molecular complexity index is 497. The Labute approximate surface area is 103 Å². The van der Waals surface area contributed by atoms with E-state index in [0.29, 0.717) is 5.75 Å². The van der Waals surface area contributed by atoms with Crippen LogP contribution in [0.25, 0.3) is 0 Å². The molecular weight excluding hydrogens is 232 g/mol. The zero-order chi connectivity index (χ0) is 12.1. The molecule has 0 saturated heterocycles. The molecule has 0 bridgehead atoms. The standard InChI is InChI=1S/C13H14N2OS/c1-11-7-8-13(9-14-11)15-17(16)10-12-5-3-2-4-6-12/h2-9,15H,10H2,1H3. The van der Waals surface area contributed by atoms with E-state index in [-0.39, 0.29) is 0 Å². The molecule has 17 heavy (non-hydrogen) atoms. The summed E-state index contributed by atoms with van der Waals surface area (Å²) in [6.45, 7) is 1.92. The van der Waals surface area contributed by atoms with Gasteiger partial charge in [-0.1, -0.05) is 30.3 Å². The maximum Gasteiger partial charge on any atom is 0.121 e. The maximum absolute atomic E-state index is 11.8. The highest BCUT2D eigenvalue weighted by Gasteiger charge is 2.01. The first-order valence-corrected chi connectivity index (χ1v) is 6.67. The molecule has 0 aliphatic rings. The smallest absolute Gasteiger partial charge is 0.121 e. The highest BCUT2D eigenvalue weighted by Crippen LogP contribution is 2.09. The molecule has 1 aromatic carbocycles. The van der Waals surface area contributed by atoms with E-state index in [1.54, 1.807) is 6.20 Å². The highest BCUT2D eigenvalue weighted by atomic mass is 32.2. The van der Waals surface area contributed by atoms with Crippen LogP contribution in [0.4, 0.5) is 5.69 Å². The number of anilines is 1. The van der Waals surface area contributed by atoms with Crippen LogP contribution in [0.3, 0.4) is 0 Å². The minimum absolute atomic E-state index is 0.495. The van der Waals surface area contributed by atoms with E-state index in [1.165, 1.54) is 0 Å². The van der Waals surface area contributed by atoms with Gasteiger partial charge >= 0.3 is 0 Å². The molecule has 2 rings (SSSR count). The molecule has 0 saturated carbocycles. The van der Waals surface area contributed by atoms with Crippen LogP contribution in [0, 0.1) is 6.92 Å². The maximum atomic E-state index is 11.8. The van der Waals surface area contributed by atoms with E-state index >= 15 is 0 Å². The molecule has 1 heterocycles. The van der Waals surface area contributed by atoms with Gasteiger partial charge in [0.15, 0.2) is 0 Å². The third kappa shape index (κ3) is 3.67. The molecular formula is C13H14N2OS. The Hall–Kier alpha value is -1.68. The number of nitrogens with zero attached hydrogens (tertiary/aromatic N) is 1. The Morgan fingerprint density at radius 3 is 2.59 bits per heavy atom.